The maximum Gasteiger partial charge on any atom is 0.143 e. The quantitative estimate of drug-likeness (QED) is 0.860. The molecule has 1 aliphatic heterocycles. The van der Waals surface area contributed by atoms with Crippen molar-refractivity contribution in [2.75, 3.05) is 44.8 Å². The van der Waals surface area contributed by atoms with Crippen LogP contribution in [0.4, 0.5) is 5.82 Å². The molecule has 2 aliphatic rings. The van der Waals surface area contributed by atoms with Gasteiger partial charge in [-0.3, -0.25) is 4.90 Å². The van der Waals surface area contributed by atoms with Crippen LogP contribution in [-0.4, -0.2) is 61.0 Å². The minimum atomic E-state index is 0.0772. The Morgan fingerprint density at radius 3 is 2.96 bits per heavy atom. The number of pyridine rings is 1. The Hall–Kier alpha value is -1.68. The van der Waals surface area contributed by atoms with Gasteiger partial charge in [0.25, 0.3) is 0 Å². The minimum Gasteiger partial charge on any atom is -0.379 e. The van der Waals surface area contributed by atoms with Crippen LogP contribution in [0.15, 0.2) is 18.3 Å². The van der Waals surface area contributed by atoms with Crippen molar-refractivity contribution in [2.45, 2.75) is 31.4 Å². The first-order valence-corrected chi connectivity index (χ1v) is 8.31. The normalized spacial score (nSPS) is 27.9. The third-order valence-corrected chi connectivity index (χ3v) is 4.81. The molecule has 2 fully saturated rings. The van der Waals surface area contributed by atoms with Crippen molar-refractivity contribution in [2.24, 2.45) is 0 Å². The molecule has 0 spiro atoms. The van der Waals surface area contributed by atoms with E-state index < -0.39 is 0 Å². The average Bonchev–Trinajstić information content (AvgIpc) is 2.58. The van der Waals surface area contributed by atoms with E-state index in [-0.39, 0.29) is 5.54 Å². The van der Waals surface area contributed by atoms with Crippen molar-refractivity contribution in [3.8, 4) is 6.07 Å². The summed E-state index contributed by atoms with van der Waals surface area (Å²) in [5, 5.41) is 12.6. The molecule has 0 aromatic carbocycles. The fourth-order valence-corrected chi connectivity index (χ4v) is 3.58. The molecular formula is C17H24N4O2. The Morgan fingerprint density at radius 1 is 1.48 bits per heavy atom. The van der Waals surface area contributed by atoms with E-state index >= 15 is 0 Å². The van der Waals surface area contributed by atoms with Gasteiger partial charge < -0.3 is 14.8 Å². The van der Waals surface area contributed by atoms with Gasteiger partial charge in [0.05, 0.1) is 24.9 Å². The van der Waals surface area contributed by atoms with Crippen LogP contribution in [0.3, 0.4) is 0 Å². The first-order chi connectivity index (χ1) is 11.3. The summed E-state index contributed by atoms with van der Waals surface area (Å²) in [4.78, 5) is 6.81. The second-order valence-corrected chi connectivity index (χ2v) is 6.17. The fourth-order valence-electron chi connectivity index (χ4n) is 3.58. The van der Waals surface area contributed by atoms with Crippen LogP contribution >= 0.6 is 0 Å². The van der Waals surface area contributed by atoms with Crippen molar-refractivity contribution >= 4 is 5.82 Å². The van der Waals surface area contributed by atoms with Crippen molar-refractivity contribution in [3.63, 3.8) is 0 Å². The molecule has 0 atom stereocenters. The van der Waals surface area contributed by atoms with Gasteiger partial charge in [0.2, 0.25) is 0 Å². The summed E-state index contributed by atoms with van der Waals surface area (Å²) in [6.07, 6.45) is 4.09. The molecule has 124 valence electrons. The molecule has 0 amide bonds. The molecule has 0 radical (unpaired) electrons. The number of rotatable bonds is 6. The predicted molar refractivity (Wildman–Crippen MR) is 87.2 cm³/mol. The van der Waals surface area contributed by atoms with Gasteiger partial charge in [-0.25, -0.2) is 4.98 Å². The van der Waals surface area contributed by atoms with Crippen LogP contribution < -0.4 is 5.32 Å². The molecule has 2 heterocycles. The lowest BCUT2D eigenvalue weighted by atomic mass is 9.72. The number of anilines is 1. The number of ether oxygens (including phenoxy) is 2. The van der Waals surface area contributed by atoms with E-state index in [1.54, 1.807) is 18.3 Å². The number of nitrogens with zero attached hydrogens (tertiary/aromatic N) is 3. The number of aromatic nitrogens is 1. The lowest BCUT2D eigenvalue weighted by Crippen LogP contribution is -2.65. The Bertz CT molecular complexity index is 560. The van der Waals surface area contributed by atoms with Gasteiger partial charge in [0.1, 0.15) is 11.9 Å². The fraction of sp³-hybridized carbons (Fsp3) is 0.647. The first-order valence-electron chi connectivity index (χ1n) is 8.31. The highest BCUT2D eigenvalue weighted by Crippen LogP contribution is 2.40. The van der Waals surface area contributed by atoms with E-state index in [0.717, 1.165) is 52.3 Å². The monoisotopic (exact) mass is 316 g/mol. The SMILES string of the molecule is CCOC1CC(CNc2ncccc2C#N)(N2CCOCC2)C1. The summed E-state index contributed by atoms with van der Waals surface area (Å²) in [6.45, 7) is 7.06. The Kier molecular flexibility index (Phi) is 5.11. The summed E-state index contributed by atoms with van der Waals surface area (Å²) in [7, 11) is 0. The van der Waals surface area contributed by atoms with Crippen molar-refractivity contribution in [3.05, 3.63) is 23.9 Å². The molecule has 1 N–H and O–H groups in total. The molecular weight excluding hydrogens is 292 g/mol. The zero-order valence-electron chi connectivity index (χ0n) is 13.6. The Labute approximate surface area is 137 Å². The topological polar surface area (TPSA) is 70.4 Å². The number of nitriles is 1. The zero-order valence-corrected chi connectivity index (χ0v) is 13.6. The van der Waals surface area contributed by atoms with E-state index in [1.807, 2.05) is 6.92 Å². The van der Waals surface area contributed by atoms with Crippen LogP contribution in [-0.2, 0) is 9.47 Å². The summed E-state index contributed by atoms with van der Waals surface area (Å²) in [5.74, 6) is 0.669. The maximum absolute atomic E-state index is 9.20. The largest absolute Gasteiger partial charge is 0.379 e. The van der Waals surface area contributed by atoms with Gasteiger partial charge in [-0.1, -0.05) is 0 Å². The Balaban J connectivity index is 1.68. The van der Waals surface area contributed by atoms with Gasteiger partial charge >= 0.3 is 0 Å². The summed E-state index contributed by atoms with van der Waals surface area (Å²) >= 11 is 0. The lowest BCUT2D eigenvalue weighted by molar-refractivity contribution is -0.121. The van der Waals surface area contributed by atoms with Gasteiger partial charge in [-0.2, -0.15) is 5.26 Å². The lowest BCUT2D eigenvalue weighted by Gasteiger charge is -2.55. The summed E-state index contributed by atoms with van der Waals surface area (Å²) < 4.78 is 11.3. The number of hydrogen-bond donors (Lipinski definition) is 1. The van der Waals surface area contributed by atoms with E-state index in [9.17, 15) is 5.26 Å². The van der Waals surface area contributed by atoms with Crippen LogP contribution in [0.2, 0.25) is 0 Å². The van der Waals surface area contributed by atoms with E-state index in [1.165, 1.54) is 0 Å². The molecule has 6 heteroatoms. The van der Waals surface area contributed by atoms with Crippen LogP contribution in [0.5, 0.6) is 0 Å². The number of nitrogens with one attached hydrogen (secondary N) is 1. The first kappa shape index (κ1) is 16.2. The molecule has 3 rings (SSSR count). The molecule has 0 unspecified atom stereocenters. The molecule has 1 saturated carbocycles. The maximum atomic E-state index is 9.20. The van der Waals surface area contributed by atoms with Crippen molar-refractivity contribution < 1.29 is 9.47 Å². The molecule has 6 nitrogen and oxygen atoms in total. The van der Waals surface area contributed by atoms with E-state index in [0.29, 0.717) is 17.5 Å². The second-order valence-electron chi connectivity index (χ2n) is 6.17. The van der Waals surface area contributed by atoms with Gasteiger partial charge in [-0.05, 0) is 31.9 Å². The molecule has 0 bridgehead atoms. The Morgan fingerprint density at radius 2 is 2.26 bits per heavy atom. The van der Waals surface area contributed by atoms with Crippen LogP contribution in [0.25, 0.3) is 0 Å². The summed E-state index contributed by atoms with van der Waals surface area (Å²) in [5.41, 5.74) is 0.665. The van der Waals surface area contributed by atoms with Gasteiger partial charge in [0.15, 0.2) is 0 Å². The van der Waals surface area contributed by atoms with E-state index in [4.69, 9.17) is 9.47 Å². The number of morpholine rings is 1. The minimum absolute atomic E-state index is 0.0772. The smallest absolute Gasteiger partial charge is 0.143 e. The molecule has 1 aliphatic carbocycles. The highest BCUT2D eigenvalue weighted by atomic mass is 16.5. The van der Waals surface area contributed by atoms with Gasteiger partial charge in [0, 0.05) is 38.0 Å². The second kappa shape index (κ2) is 7.26. The molecule has 1 saturated heterocycles. The zero-order chi connectivity index (χ0) is 16.1. The molecule has 23 heavy (non-hydrogen) atoms. The highest BCUT2D eigenvalue weighted by Gasteiger charge is 2.49. The average molecular weight is 316 g/mol. The van der Waals surface area contributed by atoms with Crippen LogP contribution in [0, 0.1) is 11.3 Å². The highest BCUT2D eigenvalue weighted by molar-refractivity contribution is 5.51. The molecule has 1 aromatic heterocycles. The van der Waals surface area contributed by atoms with Crippen LogP contribution in [0.1, 0.15) is 25.3 Å². The predicted octanol–water partition coefficient (Wildman–Crippen LogP) is 1.64. The summed E-state index contributed by atoms with van der Waals surface area (Å²) in [6, 6.07) is 5.77. The third-order valence-electron chi connectivity index (χ3n) is 4.81. The third kappa shape index (κ3) is 3.47. The number of hydrogen-bond acceptors (Lipinski definition) is 6. The van der Waals surface area contributed by atoms with Crippen molar-refractivity contribution in [1.29, 1.82) is 5.26 Å². The van der Waals surface area contributed by atoms with Crippen molar-refractivity contribution in [1.82, 2.24) is 9.88 Å². The van der Waals surface area contributed by atoms with Gasteiger partial charge in [-0.15, -0.1) is 0 Å². The van der Waals surface area contributed by atoms with E-state index in [2.05, 4.69) is 21.3 Å². The standard InChI is InChI=1S/C17H24N4O2/c1-2-23-15-10-17(11-15,21-6-8-22-9-7-21)13-20-16-14(12-18)4-3-5-19-16/h3-5,15H,2,6-11,13H2,1H3,(H,19,20). The molecule has 1 aromatic rings.